The minimum atomic E-state index is -4.99. The van der Waals surface area contributed by atoms with Crippen molar-refractivity contribution in [1.29, 1.82) is 5.26 Å². The van der Waals surface area contributed by atoms with Gasteiger partial charge >= 0.3 is 6.36 Å². The first kappa shape index (κ1) is 12.0. The van der Waals surface area contributed by atoms with Gasteiger partial charge in [0.2, 0.25) is 0 Å². The minimum absolute atomic E-state index is 0.278. The Morgan fingerprint density at radius 1 is 1.50 bits per heavy atom. The van der Waals surface area contributed by atoms with Crippen molar-refractivity contribution < 1.29 is 22.3 Å². The van der Waals surface area contributed by atoms with E-state index in [0.717, 1.165) is 6.07 Å². The van der Waals surface area contributed by atoms with Crippen LogP contribution in [0.2, 0.25) is 0 Å². The lowest BCUT2D eigenvalue weighted by atomic mass is 10.2. The summed E-state index contributed by atoms with van der Waals surface area (Å²) in [6.45, 7) is -1.24. The lowest BCUT2D eigenvalue weighted by Crippen LogP contribution is -2.19. The number of pyridine rings is 1. The van der Waals surface area contributed by atoms with Gasteiger partial charge in [0.25, 0.3) is 0 Å². The lowest BCUT2D eigenvalue weighted by molar-refractivity contribution is -0.274. The van der Waals surface area contributed by atoms with Crippen molar-refractivity contribution in [2.45, 2.75) is 13.0 Å². The normalized spacial score (nSPS) is 10.9. The summed E-state index contributed by atoms with van der Waals surface area (Å²) in [4.78, 5) is 3.31. The molecule has 16 heavy (non-hydrogen) atoms. The molecule has 1 aromatic heterocycles. The van der Waals surface area contributed by atoms with Crippen molar-refractivity contribution >= 4 is 5.82 Å². The number of halogens is 4. The second-order valence-electron chi connectivity index (χ2n) is 2.67. The summed E-state index contributed by atoms with van der Waals surface area (Å²) in [5.41, 5.74) is 4.38. The van der Waals surface area contributed by atoms with Gasteiger partial charge in [-0.2, -0.15) is 5.26 Å². The van der Waals surface area contributed by atoms with Crippen molar-refractivity contribution in [3.8, 4) is 11.8 Å². The molecular formula is C8H5F4N3O. The van der Waals surface area contributed by atoms with Crippen molar-refractivity contribution in [3.63, 3.8) is 0 Å². The highest BCUT2D eigenvalue weighted by atomic mass is 19.4. The third-order valence-electron chi connectivity index (χ3n) is 1.55. The van der Waals surface area contributed by atoms with Gasteiger partial charge in [0.05, 0.1) is 0 Å². The number of nitrogens with zero attached hydrogens (tertiary/aromatic N) is 2. The van der Waals surface area contributed by atoms with Crippen molar-refractivity contribution in [1.82, 2.24) is 4.98 Å². The average Bonchev–Trinajstić information content (AvgIpc) is 2.19. The summed E-state index contributed by atoms with van der Waals surface area (Å²) >= 11 is 0. The molecule has 0 spiro atoms. The van der Waals surface area contributed by atoms with E-state index < -0.39 is 30.2 Å². The zero-order valence-corrected chi connectivity index (χ0v) is 7.68. The monoisotopic (exact) mass is 235 g/mol. The van der Waals surface area contributed by atoms with Crippen LogP contribution in [0.25, 0.3) is 0 Å². The smallest absolute Gasteiger partial charge is 0.401 e. The van der Waals surface area contributed by atoms with Gasteiger partial charge in [0.15, 0.2) is 11.6 Å². The Balaban J connectivity index is 3.23. The molecule has 4 nitrogen and oxygen atoms in total. The van der Waals surface area contributed by atoms with E-state index in [1.807, 2.05) is 0 Å². The number of ether oxygens (including phenoxy) is 1. The highest BCUT2D eigenvalue weighted by Crippen LogP contribution is 2.31. The van der Waals surface area contributed by atoms with Gasteiger partial charge in [-0.1, -0.05) is 0 Å². The van der Waals surface area contributed by atoms with Crippen LogP contribution in [-0.2, 0) is 6.67 Å². The molecule has 1 rings (SSSR count). The fraction of sp³-hybridized carbons (Fsp3) is 0.250. The van der Waals surface area contributed by atoms with Gasteiger partial charge in [-0.15, -0.1) is 13.2 Å². The summed E-state index contributed by atoms with van der Waals surface area (Å²) in [6, 6.07) is 2.38. The molecule has 1 aromatic rings. The van der Waals surface area contributed by atoms with Gasteiger partial charge in [-0.05, 0) is 6.07 Å². The molecule has 86 valence electrons. The fourth-order valence-corrected chi connectivity index (χ4v) is 0.998. The second-order valence-corrected chi connectivity index (χ2v) is 2.67. The van der Waals surface area contributed by atoms with Crippen LogP contribution in [-0.4, -0.2) is 11.3 Å². The number of nitrogens with two attached hydrogens (primary N) is 1. The summed E-state index contributed by atoms with van der Waals surface area (Å²) in [7, 11) is 0. The molecule has 0 saturated heterocycles. The number of alkyl halides is 4. The number of nitrogen functional groups attached to an aromatic ring is 1. The summed E-state index contributed by atoms with van der Waals surface area (Å²) < 4.78 is 51.7. The lowest BCUT2D eigenvalue weighted by Gasteiger charge is -2.13. The molecule has 0 saturated carbocycles. The SMILES string of the molecule is N#Cc1cc(CF)c(OC(F)(F)F)c(N)n1. The molecule has 0 unspecified atom stereocenters. The van der Waals surface area contributed by atoms with Gasteiger partial charge in [-0.25, -0.2) is 9.37 Å². The highest BCUT2D eigenvalue weighted by Gasteiger charge is 2.33. The molecule has 8 heteroatoms. The Hall–Kier alpha value is -2.04. The molecule has 0 fully saturated rings. The zero-order valence-electron chi connectivity index (χ0n) is 7.68. The van der Waals surface area contributed by atoms with E-state index in [1.165, 1.54) is 6.07 Å². The standard InChI is InChI=1S/C8H5F4N3O/c9-2-4-1-5(3-13)15-7(14)6(4)16-8(10,11)12/h1H,2H2,(H2,14,15). The molecule has 0 aliphatic rings. The number of aromatic nitrogens is 1. The number of hydrogen-bond acceptors (Lipinski definition) is 4. The van der Waals surface area contributed by atoms with Crippen molar-refractivity contribution in [3.05, 3.63) is 17.3 Å². The largest absolute Gasteiger partial charge is 0.573 e. The van der Waals surface area contributed by atoms with E-state index in [0.29, 0.717) is 0 Å². The minimum Gasteiger partial charge on any atom is -0.401 e. The highest BCUT2D eigenvalue weighted by molar-refractivity contribution is 5.53. The van der Waals surface area contributed by atoms with Crippen LogP contribution in [0.4, 0.5) is 23.4 Å². The number of rotatable bonds is 2. The third kappa shape index (κ3) is 2.73. The van der Waals surface area contributed by atoms with Gasteiger partial charge in [0.1, 0.15) is 18.4 Å². The molecule has 1 heterocycles. The molecule has 0 atom stereocenters. The average molecular weight is 235 g/mol. The van der Waals surface area contributed by atoms with Crippen LogP contribution in [0.15, 0.2) is 6.07 Å². The van der Waals surface area contributed by atoms with Gasteiger partial charge in [0, 0.05) is 5.56 Å². The van der Waals surface area contributed by atoms with Gasteiger partial charge < -0.3 is 10.5 Å². The van der Waals surface area contributed by atoms with Crippen LogP contribution in [0.1, 0.15) is 11.3 Å². The first-order valence-corrected chi connectivity index (χ1v) is 3.88. The Bertz CT molecular complexity index is 438. The maximum atomic E-state index is 12.4. The predicted molar refractivity (Wildman–Crippen MR) is 44.9 cm³/mol. The molecule has 0 aliphatic carbocycles. The van der Waals surface area contributed by atoms with E-state index in [9.17, 15) is 17.6 Å². The van der Waals surface area contributed by atoms with Crippen LogP contribution in [0, 0.1) is 11.3 Å². The van der Waals surface area contributed by atoms with Gasteiger partial charge in [-0.3, -0.25) is 0 Å². The Morgan fingerprint density at radius 2 is 2.12 bits per heavy atom. The Labute approximate surface area is 87.3 Å². The molecule has 0 amide bonds. The second kappa shape index (κ2) is 4.22. The quantitative estimate of drug-likeness (QED) is 0.794. The van der Waals surface area contributed by atoms with E-state index >= 15 is 0 Å². The molecular weight excluding hydrogens is 230 g/mol. The molecule has 0 aromatic carbocycles. The van der Waals surface area contributed by atoms with E-state index in [4.69, 9.17) is 11.0 Å². The molecule has 0 radical (unpaired) electrons. The van der Waals surface area contributed by atoms with Crippen molar-refractivity contribution in [2.24, 2.45) is 0 Å². The van der Waals surface area contributed by atoms with E-state index in [2.05, 4.69) is 9.72 Å². The number of hydrogen-bond donors (Lipinski definition) is 1. The summed E-state index contributed by atoms with van der Waals surface area (Å²) in [5.74, 6) is -1.59. The third-order valence-corrected chi connectivity index (χ3v) is 1.55. The first-order valence-electron chi connectivity index (χ1n) is 3.88. The van der Waals surface area contributed by atoms with E-state index in [-0.39, 0.29) is 5.69 Å². The van der Waals surface area contributed by atoms with Crippen LogP contribution < -0.4 is 10.5 Å². The van der Waals surface area contributed by atoms with E-state index in [1.54, 1.807) is 0 Å². The van der Waals surface area contributed by atoms with Crippen LogP contribution in [0.3, 0.4) is 0 Å². The number of anilines is 1. The first-order chi connectivity index (χ1) is 7.37. The van der Waals surface area contributed by atoms with Crippen molar-refractivity contribution in [2.75, 3.05) is 5.73 Å². The number of nitriles is 1. The van der Waals surface area contributed by atoms with Crippen LogP contribution >= 0.6 is 0 Å². The Kier molecular flexibility index (Phi) is 3.17. The summed E-state index contributed by atoms with van der Waals surface area (Å²) in [6.07, 6.45) is -4.99. The maximum Gasteiger partial charge on any atom is 0.573 e. The predicted octanol–water partition coefficient (Wildman–Crippen LogP) is 1.90. The molecule has 2 N–H and O–H groups in total. The molecule has 0 bridgehead atoms. The molecule has 0 aliphatic heterocycles. The zero-order chi connectivity index (χ0) is 12.3. The van der Waals surface area contributed by atoms with Crippen LogP contribution in [0.5, 0.6) is 5.75 Å². The fourth-order valence-electron chi connectivity index (χ4n) is 0.998. The topological polar surface area (TPSA) is 71.9 Å². The maximum absolute atomic E-state index is 12.4. The Morgan fingerprint density at radius 3 is 2.56 bits per heavy atom. The summed E-state index contributed by atoms with van der Waals surface area (Å²) in [5, 5.41) is 8.45.